The summed E-state index contributed by atoms with van der Waals surface area (Å²) in [6, 6.07) is 25.4. The average molecular weight is 1290 g/mol. The van der Waals surface area contributed by atoms with Gasteiger partial charge in [0.05, 0.1) is 27.4 Å². The fourth-order valence-electron chi connectivity index (χ4n) is 18.3. The summed E-state index contributed by atoms with van der Waals surface area (Å²) in [7, 11) is 234. The molecular weight excluding hydrogens is 1260 g/mol. The Morgan fingerprint density at radius 1 is 0.413 bits per heavy atom. The van der Waals surface area contributed by atoms with Gasteiger partial charge in [0.1, 0.15) is 23.9 Å². The van der Waals surface area contributed by atoms with Crippen LogP contribution in [0.5, 0.6) is 23.0 Å². The zero-order valence-corrected chi connectivity index (χ0v) is 62.6. The second kappa shape index (κ2) is 44.2. The number of hydrogen-bond donors (Lipinski definition) is 1. The Labute approximate surface area is 712 Å². The van der Waals surface area contributed by atoms with E-state index in [2.05, 4.69) is 34.1 Å². The van der Waals surface area contributed by atoms with Gasteiger partial charge in [-0.05, 0) is 95.3 Å². The lowest BCUT2D eigenvalue weighted by Gasteiger charge is -2.60. The van der Waals surface area contributed by atoms with E-state index >= 15 is 0 Å². The Hall–Kier alpha value is -0.139. The predicted molar refractivity (Wildman–Crippen MR) is 546 cm³/mol. The summed E-state index contributed by atoms with van der Waals surface area (Å²) in [4.78, 5) is 6.26. The van der Waals surface area contributed by atoms with Crippen LogP contribution in [0.4, 0.5) is 4.39 Å². The van der Waals surface area contributed by atoms with Crippen LogP contribution in [-0.4, -0.2) is 512 Å². The maximum absolute atomic E-state index is 14.0. The second-order valence-electron chi connectivity index (χ2n) is 29.6. The second-order valence-corrected chi connectivity index (χ2v) is 29.6. The number of H-pyrrole nitrogens is 1. The smallest absolute Gasteiger partial charge is 0.161 e. The lowest BCUT2D eigenvalue weighted by Crippen LogP contribution is -2.98. The van der Waals surface area contributed by atoms with Gasteiger partial charge >= 0.3 is 0 Å². The van der Waals surface area contributed by atoms with Gasteiger partial charge in [0.15, 0.2) is 11.5 Å². The Kier molecular flexibility index (Phi) is 39.6. The zero-order valence-electron chi connectivity index (χ0n) is 62.6. The number of aromatic amines is 1. The molecule has 0 aliphatic carbocycles. The molecule has 0 saturated heterocycles. The van der Waals surface area contributed by atoms with E-state index in [0.29, 0.717) is 12.4 Å². The van der Waals surface area contributed by atoms with Crippen molar-refractivity contribution in [3.63, 3.8) is 0 Å². The number of nitrogens with zero attached hydrogens (tertiary/aromatic N) is 1. The van der Waals surface area contributed by atoms with Crippen molar-refractivity contribution < 1.29 is 23.3 Å². The van der Waals surface area contributed by atoms with Gasteiger partial charge < -0.3 is 23.9 Å². The van der Waals surface area contributed by atoms with E-state index in [9.17, 15) is 4.39 Å². The third-order valence-electron chi connectivity index (χ3n) is 22.7. The van der Waals surface area contributed by atoms with Crippen molar-refractivity contribution in [1.82, 2.24) is 9.88 Å². The van der Waals surface area contributed by atoms with Crippen LogP contribution >= 0.6 is 0 Å². The van der Waals surface area contributed by atoms with Crippen LogP contribution in [0.1, 0.15) is 45.6 Å². The van der Waals surface area contributed by atoms with Crippen LogP contribution in [0.3, 0.4) is 0 Å². The lowest BCUT2D eigenvalue weighted by atomic mass is 8.22. The van der Waals surface area contributed by atoms with Crippen LogP contribution < -0.4 is 18.9 Å². The molecule has 109 heavy (non-hydrogen) atoms. The lowest BCUT2D eigenvalue weighted by molar-refractivity contribution is 0.127. The Bertz CT molecular complexity index is 3400. The van der Waals surface area contributed by atoms with Gasteiger partial charge in [-0.15, -0.1) is 0 Å². The molecule has 74 heteroatoms. The number of benzene rings is 4. The topological polar surface area (TPSA) is 56.0 Å². The molecule has 2 unspecified atom stereocenters. The molecule has 0 amide bonds. The molecule has 0 spiro atoms. The monoisotopic (exact) mass is 1300 g/mol. The Morgan fingerprint density at radius 2 is 0.780 bits per heavy atom. The van der Waals surface area contributed by atoms with Crippen LogP contribution in [0, 0.1) is 5.82 Å². The Balaban J connectivity index is 0.000000373. The molecule has 2 aliphatic heterocycles. The summed E-state index contributed by atoms with van der Waals surface area (Å²) in [5.74, 6) is 2.84. The molecule has 1 aromatic heterocycles. The quantitative estimate of drug-likeness (QED) is 0.0397. The van der Waals surface area contributed by atoms with Crippen LogP contribution in [-0.2, 0) is 19.4 Å². The molecule has 0 saturated carbocycles. The molecule has 2 aliphatic rings. The first kappa shape index (κ1) is 97.7. The molecular formula is C35H33B67FN2O4. The minimum Gasteiger partial charge on any atom is -0.497 e. The molecule has 5 aromatic rings. The fraction of sp³-hybridized carbons (Fsp3) is 0.257. The number of methoxy groups -OCH3 is 3. The van der Waals surface area contributed by atoms with E-state index in [1.807, 2.05) is 42.5 Å². The van der Waals surface area contributed by atoms with E-state index in [0.717, 1.165) is 71.4 Å². The number of rotatable bonds is 39. The molecule has 4 aromatic carbocycles. The van der Waals surface area contributed by atoms with Gasteiger partial charge in [0, 0.05) is 504 Å². The van der Waals surface area contributed by atoms with Gasteiger partial charge in [0.25, 0.3) is 0 Å². The highest BCUT2D eigenvalue weighted by atomic mass is 19.1. The van der Waals surface area contributed by atoms with Crippen molar-refractivity contribution in [3.8, 4) is 23.0 Å². The SMILES string of the molecule is COc1cccc(COc2cc3c(cc2OC)C2Cc4c([nH]c5ccc(OC)cc45)C(c4ccc(F)cc4)N2CC3)c1.[B][B]B([B])B(B(B([B])[B])B([B])[B])B(B(B([B])[B])B([B])[B])B(B(B(B([B])[B])B([B])[B])B(B([B])[B])B([B])[B])B(B(B(B([B])[B])B([B])[B])B(B([B])[B])B([B])[B])B(B(B([B])[B])B([B])[B])B(B([B])[B])B([B])[B]. The molecule has 415 valence electrons. The predicted octanol–water partition coefficient (Wildman–Crippen LogP) is -18.4. The molecule has 1 N–H and O–H groups in total. The minimum absolute atomic E-state index is 0.0409. The number of fused-ring (bicyclic) bond motifs is 6. The summed E-state index contributed by atoms with van der Waals surface area (Å²) in [6.45, 7) is 1.27. The third kappa shape index (κ3) is 23.5. The van der Waals surface area contributed by atoms with Crippen LogP contribution in [0.2, 0.25) is 0 Å². The highest BCUT2D eigenvalue weighted by Gasteiger charge is 2.64. The number of aromatic nitrogens is 1. The van der Waals surface area contributed by atoms with Gasteiger partial charge in [-0.3, -0.25) is 4.90 Å². The van der Waals surface area contributed by atoms with Crippen molar-refractivity contribution in [2.75, 3.05) is 27.9 Å². The van der Waals surface area contributed by atoms with Gasteiger partial charge in [0.2, 0.25) is 0 Å². The van der Waals surface area contributed by atoms with Crippen molar-refractivity contribution in [2.24, 2.45) is 0 Å². The van der Waals surface area contributed by atoms with E-state index in [1.54, 1.807) is 33.5 Å². The third-order valence-corrected chi connectivity index (χ3v) is 22.7. The van der Waals surface area contributed by atoms with Gasteiger partial charge in [-0.1, -0.05) is 24.3 Å². The molecule has 69 radical (unpaired) electrons. The molecule has 6 nitrogen and oxygen atoms in total. The molecule has 0 bridgehead atoms. The van der Waals surface area contributed by atoms with Gasteiger partial charge in [-0.2, -0.15) is 0 Å². The summed E-state index contributed by atoms with van der Waals surface area (Å²) in [5, 5.41) is 1.16. The molecule has 3 heterocycles. The normalized spacial score (nSPS) is 12.8. The molecule has 7 rings (SSSR count). The van der Waals surface area contributed by atoms with Crippen molar-refractivity contribution >= 4 is 485 Å². The van der Waals surface area contributed by atoms with E-state index in [-0.39, 0.29) is 17.9 Å². The van der Waals surface area contributed by atoms with Crippen molar-refractivity contribution in [2.45, 2.75) is 31.5 Å². The first-order valence-corrected chi connectivity index (χ1v) is 36.2. The number of hydrogen-bond acceptors (Lipinski definition) is 5. The van der Waals surface area contributed by atoms with E-state index < -0.39 is 204 Å². The van der Waals surface area contributed by atoms with E-state index in [1.165, 1.54) is 16.7 Å². The minimum atomic E-state index is -1.64. The number of nitrogens with one attached hydrogen (secondary N) is 1. The van der Waals surface area contributed by atoms with Crippen molar-refractivity contribution in [3.05, 3.63) is 118 Å². The average Bonchev–Trinajstić information content (AvgIpc) is 1.65. The zero-order chi connectivity index (χ0) is 82.0. The van der Waals surface area contributed by atoms with Crippen molar-refractivity contribution in [1.29, 1.82) is 0 Å². The van der Waals surface area contributed by atoms with Crippen LogP contribution in [0.15, 0.2) is 78.9 Å². The maximum atomic E-state index is 14.0. The Morgan fingerprint density at radius 3 is 1.15 bits per heavy atom. The highest BCUT2D eigenvalue weighted by molar-refractivity contribution is 8.39. The number of ether oxygens (including phenoxy) is 4. The van der Waals surface area contributed by atoms with E-state index in [4.69, 9.17) is 282 Å². The molecule has 0 fully saturated rings. The maximum Gasteiger partial charge on any atom is 0.161 e. The summed E-state index contributed by atoms with van der Waals surface area (Å²) in [6.07, 6.45) is -46.3. The highest BCUT2D eigenvalue weighted by Crippen LogP contribution is 2.50. The van der Waals surface area contributed by atoms with Gasteiger partial charge in [-0.25, -0.2) is 4.39 Å². The first-order chi connectivity index (χ1) is 51.1. The summed E-state index contributed by atoms with van der Waals surface area (Å²) < 4.78 is 37.1. The molecule has 2 atom stereocenters. The summed E-state index contributed by atoms with van der Waals surface area (Å²) >= 11 is 0. The summed E-state index contributed by atoms with van der Waals surface area (Å²) in [5.41, 5.74) is 8.09. The number of halogens is 1. The first-order valence-electron chi connectivity index (χ1n) is 36.2. The van der Waals surface area contributed by atoms with Crippen LogP contribution in [0.25, 0.3) is 10.9 Å². The largest absolute Gasteiger partial charge is 0.497 e. The fourth-order valence-corrected chi connectivity index (χ4v) is 18.3. The standard InChI is InChI=1S/C35H33FN2O4.B67/c1-39-25-6-4-5-21(15-25)20-42-33-16-23-13-14-38-31(27(23)19-32(33)41-3)18-29-28-17-26(40-2)11-12-30(28)37-34(29)35(38)22-7-9-24(36)10-8-22;1-35-52(34)61(53(36(2)3)37(4)5)65(60(50(30)31)51(32)33)67(64(58(46(22)23)47(24)25)59(48(26)27)49(28)29)66(62(54(38(6)7)39(8)9)55(40(10)11)41(12)13)63(56(42(14)15)43(16)17)57(44(18)19)45(20)21/h4-12,15-17,19,31,35,37H,13-14,18,20H2,1-3H3;.